The minimum absolute atomic E-state index is 0.814. The molecule has 3 aromatic carbocycles. The molecule has 1 aliphatic heterocycles. The zero-order chi connectivity index (χ0) is 20.6. The topological polar surface area (TPSA) is 18.5 Å². The summed E-state index contributed by atoms with van der Waals surface area (Å²) in [6, 6.07) is 30.7. The lowest BCUT2D eigenvalue weighted by Crippen LogP contribution is -2.00. The summed E-state index contributed by atoms with van der Waals surface area (Å²) in [5.74, 6) is 2.46. The monoisotopic (exact) mass is 392 g/mol. The van der Waals surface area contributed by atoms with Crippen molar-refractivity contribution in [2.45, 2.75) is 6.42 Å². The van der Waals surface area contributed by atoms with Crippen LogP contribution in [0.25, 0.3) is 11.5 Å². The van der Waals surface area contributed by atoms with E-state index < -0.39 is 0 Å². The van der Waals surface area contributed by atoms with Gasteiger partial charge in [-0.05, 0) is 41.9 Å². The number of methoxy groups -OCH3 is 1. The second-order valence-electron chi connectivity index (χ2n) is 7.00. The first-order valence-electron chi connectivity index (χ1n) is 10.0. The van der Waals surface area contributed by atoms with Crippen molar-refractivity contribution in [3.63, 3.8) is 0 Å². The van der Waals surface area contributed by atoms with Gasteiger partial charge >= 0.3 is 0 Å². The molecule has 0 atom stereocenters. The molecule has 30 heavy (non-hydrogen) atoms. The van der Waals surface area contributed by atoms with Crippen molar-refractivity contribution in [3.05, 3.63) is 143 Å². The Hall–Kier alpha value is -3.78. The summed E-state index contributed by atoms with van der Waals surface area (Å²) in [6.07, 6.45) is 9.07. The minimum atomic E-state index is 0.814. The van der Waals surface area contributed by atoms with Crippen LogP contribution in [0, 0.1) is 0 Å². The van der Waals surface area contributed by atoms with Gasteiger partial charge in [-0.15, -0.1) is 0 Å². The average molecular weight is 392 g/mol. The third-order valence-corrected chi connectivity index (χ3v) is 4.86. The van der Waals surface area contributed by atoms with E-state index in [1.165, 1.54) is 5.56 Å². The molecule has 2 nitrogen and oxygen atoms in total. The highest BCUT2D eigenvalue weighted by Crippen LogP contribution is 2.32. The first-order valence-corrected chi connectivity index (χ1v) is 10.0. The molecule has 0 amide bonds. The van der Waals surface area contributed by atoms with Gasteiger partial charge in [-0.1, -0.05) is 91.0 Å². The van der Waals surface area contributed by atoms with Crippen molar-refractivity contribution in [2.24, 2.45) is 0 Å². The Kier molecular flexibility index (Phi) is 6.26. The fourth-order valence-electron chi connectivity index (χ4n) is 3.29. The molecule has 0 aliphatic carbocycles. The van der Waals surface area contributed by atoms with Crippen molar-refractivity contribution in [2.75, 3.05) is 7.11 Å². The van der Waals surface area contributed by atoms with Crippen LogP contribution in [-0.4, -0.2) is 7.11 Å². The third kappa shape index (κ3) is 4.98. The Morgan fingerprint density at radius 1 is 0.733 bits per heavy atom. The normalized spacial score (nSPS) is 13.8. The third-order valence-electron chi connectivity index (χ3n) is 4.86. The minimum Gasteiger partial charge on any atom is -0.497 e. The van der Waals surface area contributed by atoms with E-state index in [-0.39, 0.29) is 0 Å². The van der Waals surface area contributed by atoms with E-state index in [1.54, 1.807) is 7.11 Å². The molecule has 1 aliphatic rings. The molecule has 0 saturated heterocycles. The van der Waals surface area contributed by atoms with Gasteiger partial charge in [-0.2, -0.15) is 0 Å². The number of benzene rings is 3. The van der Waals surface area contributed by atoms with Crippen LogP contribution in [0.2, 0.25) is 0 Å². The number of rotatable bonds is 6. The Morgan fingerprint density at radius 2 is 1.23 bits per heavy atom. The average Bonchev–Trinajstić information content (AvgIpc) is 2.83. The maximum Gasteiger partial charge on any atom is 0.135 e. The van der Waals surface area contributed by atoms with E-state index in [0.29, 0.717) is 0 Å². The molecule has 0 N–H and O–H groups in total. The smallest absolute Gasteiger partial charge is 0.135 e. The molecule has 0 aromatic heterocycles. The summed E-state index contributed by atoms with van der Waals surface area (Å²) in [4.78, 5) is 0. The molecule has 4 rings (SSSR count). The maximum atomic E-state index is 6.25. The summed E-state index contributed by atoms with van der Waals surface area (Å²) in [5.41, 5.74) is 4.35. The standard InChI is InChI=1S/C28H24O2/c1-29-26(18-17-22-11-5-2-6-12-22)19-23-20-27(24-13-7-3-8-14-24)30-28(21-23)25-15-9-4-10-16-25/h2-16,18-21H,17H2,1H3/b26-18-. The maximum absolute atomic E-state index is 6.25. The summed E-state index contributed by atoms with van der Waals surface area (Å²) in [6.45, 7) is 0. The van der Waals surface area contributed by atoms with Crippen LogP contribution in [0.4, 0.5) is 0 Å². The van der Waals surface area contributed by atoms with E-state index in [4.69, 9.17) is 9.47 Å². The lowest BCUT2D eigenvalue weighted by Gasteiger charge is -2.19. The SMILES string of the molecule is CO/C(C=C1C=C(c2ccccc2)OC(c2ccccc2)=C1)=C\Cc1ccccc1. The molecule has 2 heteroatoms. The van der Waals surface area contributed by atoms with Crippen LogP contribution in [0.15, 0.2) is 127 Å². The van der Waals surface area contributed by atoms with Gasteiger partial charge in [-0.25, -0.2) is 0 Å². The van der Waals surface area contributed by atoms with Gasteiger partial charge in [0.25, 0.3) is 0 Å². The van der Waals surface area contributed by atoms with Gasteiger partial charge < -0.3 is 9.47 Å². The lowest BCUT2D eigenvalue weighted by molar-refractivity contribution is 0.305. The highest BCUT2D eigenvalue weighted by atomic mass is 16.5. The quantitative estimate of drug-likeness (QED) is 0.430. The summed E-state index contributed by atoms with van der Waals surface area (Å²) in [7, 11) is 1.71. The second kappa shape index (κ2) is 9.62. The Labute approximate surface area is 178 Å². The van der Waals surface area contributed by atoms with E-state index in [0.717, 1.165) is 40.4 Å². The second-order valence-corrected chi connectivity index (χ2v) is 7.00. The van der Waals surface area contributed by atoms with Gasteiger partial charge in [0.1, 0.15) is 17.3 Å². The van der Waals surface area contributed by atoms with Crippen LogP contribution in [0.3, 0.4) is 0 Å². The zero-order valence-corrected chi connectivity index (χ0v) is 17.0. The molecule has 1 heterocycles. The van der Waals surface area contributed by atoms with Crippen LogP contribution in [0.5, 0.6) is 0 Å². The zero-order valence-electron chi connectivity index (χ0n) is 17.0. The molecule has 0 spiro atoms. The molecular formula is C28H24O2. The molecule has 0 fully saturated rings. The van der Waals surface area contributed by atoms with E-state index in [9.17, 15) is 0 Å². The molecule has 0 radical (unpaired) electrons. The lowest BCUT2D eigenvalue weighted by atomic mass is 10.0. The number of ether oxygens (including phenoxy) is 2. The first kappa shape index (κ1) is 19.5. The van der Waals surface area contributed by atoms with Gasteiger partial charge in [-0.3, -0.25) is 0 Å². The Bertz CT molecular complexity index is 1030. The number of hydrogen-bond acceptors (Lipinski definition) is 2. The number of allylic oxidation sites excluding steroid dienone is 5. The molecular weight excluding hydrogens is 368 g/mol. The summed E-state index contributed by atoms with van der Waals surface area (Å²) >= 11 is 0. The first-order chi connectivity index (χ1) is 14.8. The van der Waals surface area contributed by atoms with Crippen LogP contribution < -0.4 is 0 Å². The van der Waals surface area contributed by atoms with E-state index >= 15 is 0 Å². The Balaban J connectivity index is 1.69. The van der Waals surface area contributed by atoms with Crippen LogP contribution >= 0.6 is 0 Å². The van der Waals surface area contributed by atoms with Gasteiger partial charge in [0, 0.05) is 11.1 Å². The van der Waals surface area contributed by atoms with E-state index in [2.05, 4.69) is 72.8 Å². The summed E-state index contributed by atoms with van der Waals surface area (Å²) in [5, 5.41) is 0. The molecule has 3 aromatic rings. The highest BCUT2D eigenvalue weighted by Gasteiger charge is 2.15. The molecule has 0 saturated carbocycles. The van der Waals surface area contributed by atoms with Crippen molar-refractivity contribution >= 4 is 11.5 Å². The van der Waals surface area contributed by atoms with Gasteiger partial charge in [0.2, 0.25) is 0 Å². The summed E-state index contributed by atoms with van der Waals surface area (Å²) < 4.78 is 11.9. The molecule has 0 bridgehead atoms. The molecule has 148 valence electrons. The van der Waals surface area contributed by atoms with Crippen molar-refractivity contribution in [1.29, 1.82) is 0 Å². The van der Waals surface area contributed by atoms with Crippen molar-refractivity contribution < 1.29 is 9.47 Å². The van der Waals surface area contributed by atoms with Gasteiger partial charge in [0.15, 0.2) is 0 Å². The van der Waals surface area contributed by atoms with E-state index in [1.807, 2.05) is 42.5 Å². The van der Waals surface area contributed by atoms with Crippen LogP contribution in [-0.2, 0) is 15.9 Å². The predicted octanol–water partition coefficient (Wildman–Crippen LogP) is 6.80. The largest absolute Gasteiger partial charge is 0.497 e. The highest BCUT2D eigenvalue weighted by molar-refractivity contribution is 5.77. The predicted molar refractivity (Wildman–Crippen MR) is 123 cm³/mol. The van der Waals surface area contributed by atoms with Crippen LogP contribution in [0.1, 0.15) is 16.7 Å². The fourth-order valence-corrected chi connectivity index (χ4v) is 3.29. The number of hydrogen-bond donors (Lipinski definition) is 0. The fraction of sp³-hybridized carbons (Fsp3) is 0.0714. The Morgan fingerprint density at radius 3 is 1.73 bits per heavy atom. The molecule has 0 unspecified atom stereocenters. The van der Waals surface area contributed by atoms with Gasteiger partial charge in [0.05, 0.1) is 7.11 Å². The van der Waals surface area contributed by atoms with Crippen molar-refractivity contribution in [3.8, 4) is 0 Å². The van der Waals surface area contributed by atoms with Crippen molar-refractivity contribution in [1.82, 2.24) is 0 Å².